The third-order valence-electron chi connectivity index (χ3n) is 4.64. The number of carbonyl (C=O) groups excluding carboxylic acids is 2. The maximum atomic E-state index is 13.1. The molecule has 0 saturated carbocycles. The molecular formula is C21H25N3O2. The maximum absolute atomic E-state index is 13.1. The molecule has 1 unspecified atom stereocenters. The van der Waals surface area contributed by atoms with Crippen LogP contribution in [-0.4, -0.2) is 36.3 Å². The van der Waals surface area contributed by atoms with E-state index in [9.17, 15) is 9.59 Å². The van der Waals surface area contributed by atoms with Crippen LogP contribution in [0.25, 0.3) is 0 Å². The Hall–Kier alpha value is -2.82. The first-order valence-electron chi connectivity index (χ1n) is 9.17. The molecule has 1 fully saturated rings. The van der Waals surface area contributed by atoms with E-state index < -0.39 is 0 Å². The SMILES string of the molecule is CCNC(=O)C1CCCN(C(=O)c2ccccc2Nc2ccccc2)C1. The van der Waals surface area contributed by atoms with Crippen molar-refractivity contribution in [3.05, 3.63) is 60.2 Å². The summed E-state index contributed by atoms with van der Waals surface area (Å²) < 4.78 is 0. The van der Waals surface area contributed by atoms with Crippen LogP contribution in [-0.2, 0) is 4.79 Å². The van der Waals surface area contributed by atoms with Gasteiger partial charge in [0.25, 0.3) is 5.91 Å². The minimum absolute atomic E-state index is 0.0296. The summed E-state index contributed by atoms with van der Waals surface area (Å²) in [6, 6.07) is 17.3. The molecule has 0 radical (unpaired) electrons. The van der Waals surface area contributed by atoms with E-state index in [4.69, 9.17) is 0 Å². The van der Waals surface area contributed by atoms with E-state index in [1.807, 2.05) is 61.5 Å². The highest BCUT2D eigenvalue weighted by atomic mass is 16.2. The van der Waals surface area contributed by atoms with Gasteiger partial charge in [-0.15, -0.1) is 0 Å². The molecule has 0 aliphatic carbocycles. The summed E-state index contributed by atoms with van der Waals surface area (Å²) >= 11 is 0. The van der Waals surface area contributed by atoms with Crippen LogP contribution in [0.5, 0.6) is 0 Å². The van der Waals surface area contributed by atoms with Crippen LogP contribution < -0.4 is 10.6 Å². The Kier molecular flexibility index (Phi) is 5.89. The van der Waals surface area contributed by atoms with Crippen LogP contribution in [0.4, 0.5) is 11.4 Å². The van der Waals surface area contributed by atoms with Gasteiger partial charge in [0.2, 0.25) is 5.91 Å². The minimum Gasteiger partial charge on any atom is -0.356 e. The van der Waals surface area contributed by atoms with Gasteiger partial charge in [-0.2, -0.15) is 0 Å². The van der Waals surface area contributed by atoms with Crippen molar-refractivity contribution in [3.8, 4) is 0 Å². The molecule has 5 nitrogen and oxygen atoms in total. The van der Waals surface area contributed by atoms with E-state index in [1.165, 1.54) is 0 Å². The molecule has 1 aliphatic rings. The topological polar surface area (TPSA) is 61.4 Å². The summed E-state index contributed by atoms with van der Waals surface area (Å²) in [7, 11) is 0. The molecule has 136 valence electrons. The van der Waals surface area contributed by atoms with Gasteiger partial charge in [0, 0.05) is 25.3 Å². The molecule has 1 atom stereocenters. The highest BCUT2D eigenvalue weighted by molar-refractivity contribution is 6.00. The van der Waals surface area contributed by atoms with E-state index in [2.05, 4.69) is 10.6 Å². The summed E-state index contributed by atoms with van der Waals surface area (Å²) in [5.41, 5.74) is 2.35. The predicted molar refractivity (Wildman–Crippen MR) is 103 cm³/mol. The molecule has 5 heteroatoms. The second-order valence-electron chi connectivity index (χ2n) is 6.52. The number of nitrogens with zero attached hydrogens (tertiary/aromatic N) is 1. The average molecular weight is 351 g/mol. The lowest BCUT2D eigenvalue weighted by molar-refractivity contribution is -0.126. The third-order valence-corrected chi connectivity index (χ3v) is 4.64. The van der Waals surface area contributed by atoms with Crippen molar-refractivity contribution >= 4 is 23.2 Å². The van der Waals surface area contributed by atoms with Gasteiger partial charge >= 0.3 is 0 Å². The normalized spacial score (nSPS) is 16.8. The second kappa shape index (κ2) is 8.52. The van der Waals surface area contributed by atoms with Gasteiger partial charge in [-0.05, 0) is 44.0 Å². The van der Waals surface area contributed by atoms with Crippen molar-refractivity contribution in [2.24, 2.45) is 5.92 Å². The molecule has 0 bridgehead atoms. The monoisotopic (exact) mass is 351 g/mol. The Labute approximate surface area is 154 Å². The highest BCUT2D eigenvalue weighted by Gasteiger charge is 2.29. The minimum atomic E-state index is -0.123. The number of benzene rings is 2. The summed E-state index contributed by atoms with van der Waals surface area (Å²) in [4.78, 5) is 27.0. The fourth-order valence-corrected chi connectivity index (χ4v) is 3.32. The molecule has 0 spiro atoms. The van der Waals surface area contributed by atoms with Crippen LogP contribution in [0, 0.1) is 5.92 Å². The highest BCUT2D eigenvalue weighted by Crippen LogP contribution is 2.25. The molecule has 2 amide bonds. The van der Waals surface area contributed by atoms with Crippen LogP contribution in [0.3, 0.4) is 0 Å². The van der Waals surface area contributed by atoms with E-state index in [0.29, 0.717) is 25.2 Å². The first-order chi connectivity index (χ1) is 12.7. The molecule has 1 saturated heterocycles. The number of para-hydroxylation sites is 2. The number of hydrogen-bond acceptors (Lipinski definition) is 3. The smallest absolute Gasteiger partial charge is 0.255 e. The van der Waals surface area contributed by atoms with Crippen molar-refractivity contribution in [1.82, 2.24) is 10.2 Å². The van der Waals surface area contributed by atoms with Gasteiger partial charge in [0.15, 0.2) is 0 Å². The Balaban J connectivity index is 1.76. The number of anilines is 2. The number of carbonyl (C=O) groups is 2. The lowest BCUT2D eigenvalue weighted by Crippen LogP contribution is -2.45. The average Bonchev–Trinajstić information content (AvgIpc) is 2.69. The van der Waals surface area contributed by atoms with Crippen LogP contribution in [0.2, 0.25) is 0 Å². The van der Waals surface area contributed by atoms with Gasteiger partial charge < -0.3 is 15.5 Å². The van der Waals surface area contributed by atoms with Gasteiger partial charge in [-0.25, -0.2) is 0 Å². The zero-order chi connectivity index (χ0) is 18.4. The number of rotatable bonds is 5. The van der Waals surface area contributed by atoms with Crippen molar-refractivity contribution in [2.75, 3.05) is 25.0 Å². The van der Waals surface area contributed by atoms with Gasteiger partial charge in [0.1, 0.15) is 0 Å². The van der Waals surface area contributed by atoms with E-state index in [-0.39, 0.29) is 17.7 Å². The Morgan fingerprint density at radius 3 is 2.58 bits per heavy atom. The first kappa shape index (κ1) is 18.0. The van der Waals surface area contributed by atoms with E-state index in [0.717, 1.165) is 24.2 Å². The summed E-state index contributed by atoms with van der Waals surface area (Å²) in [5.74, 6) is -0.111. The van der Waals surface area contributed by atoms with Gasteiger partial charge in [0.05, 0.1) is 17.2 Å². The molecule has 26 heavy (non-hydrogen) atoms. The lowest BCUT2D eigenvalue weighted by atomic mass is 9.96. The molecule has 2 N–H and O–H groups in total. The molecule has 0 aromatic heterocycles. The number of nitrogens with one attached hydrogen (secondary N) is 2. The molecular weight excluding hydrogens is 326 g/mol. The standard InChI is InChI=1S/C21H25N3O2/c1-2-22-20(25)16-9-8-14-24(15-16)21(26)18-12-6-7-13-19(18)23-17-10-4-3-5-11-17/h3-7,10-13,16,23H,2,8-9,14-15H2,1H3,(H,22,25). The Morgan fingerprint density at radius 2 is 1.81 bits per heavy atom. The Bertz CT molecular complexity index is 761. The largest absolute Gasteiger partial charge is 0.356 e. The number of amides is 2. The number of likely N-dealkylation sites (tertiary alicyclic amines) is 1. The number of hydrogen-bond donors (Lipinski definition) is 2. The zero-order valence-electron chi connectivity index (χ0n) is 15.1. The van der Waals surface area contributed by atoms with E-state index >= 15 is 0 Å². The van der Waals surface area contributed by atoms with Crippen LogP contribution in [0.15, 0.2) is 54.6 Å². The molecule has 2 aromatic carbocycles. The lowest BCUT2D eigenvalue weighted by Gasteiger charge is -2.32. The fourth-order valence-electron chi connectivity index (χ4n) is 3.32. The summed E-state index contributed by atoms with van der Waals surface area (Å²) in [5, 5.41) is 6.19. The first-order valence-corrected chi connectivity index (χ1v) is 9.17. The molecule has 1 heterocycles. The van der Waals surface area contributed by atoms with Gasteiger partial charge in [-0.1, -0.05) is 30.3 Å². The quantitative estimate of drug-likeness (QED) is 0.868. The second-order valence-corrected chi connectivity index (χ2v) is 6.52. The van der Waals surface area contributed by atoms with Crippen LogP contribution in [0.1, 0.15) is 30.1 Å². The van der Waals surface area contributed by atoms with Gasteiger partial charge in [-0.3, -0.25) is 9.59 Å². The van der Waals surface area contributed by atoms with E-state index in [1.54, 1.807) is 4.90 Å². The maximum Gasteiger partial charge on any atom is 0.255 e. The molecule has 3 rings (SSSR count). The van der Waals surface area contributed by atoms with Crippen molar-refractivity contribution in [2.45, 2.75) is 19.8 Å². The third kappa shape index (κ3) is 4.23. The molecule has 1 aliphatic heterocycles. The van der Waals surface area contributed by atoms with Crippen molar-refractivity contribution in [3.63, 3.8) is 0 Å². The number of piperidine rings is 1. The predicted octanol–water partition coefficient (Wildman–Crippen LogP) is 3.42. The van der Waals surface area contributed by atoms with Crippen molar-refractivity contribution in [1.29, 1.82) is 0 Å². The zero-order valence-corrected chi connectivity index (χ0v) is 15.1. The van der Waals surface area contributed by atoms with Crippen LogP contribution >= 0.6 is 0 Å². The van der Waals surface area contributed by atoms with Crippen molar-refractivity contribution < 1.29 is 9.59 Å². The summed E-state index contributed by atoms with van der Waals surface area (Å²) in [6.07, 6.45) is 1.68. The fraction of sp³-hybridized carbons (Fsp3) is 0.333. The molecule has 2 aromatic rings. The summed E-state index contributed by atoms with van der Waals surface area (Å²) in [6.45, 7) is 3.70. The Morgan fingerprint density at radius 1 is 1.08 bits per heavy atom.